The summed E-state index contributed by atoms with van der Waals surface area (Å²) < 4.78 is 5.28. The van der Waals surface area contributed by atoms with Gasteiger partial charge in [0.2, 0.25) is 0 Å². The predicted molar refractivity (Wildman–Crippen MR) is 99.9 cm³/mol. The average molecular weight is 506 g/mol. The van der Waals surface area contributed by atoms with Crippen molar-refractivity contribution in [2.75, 3.05) is 7.11 Å². The number of nitro groups is 2. The molecule has 2 aromatic carbocycles. The smallest absolute Gasteiger partial charge is 0.338 e. The average Bonchev–Trinajstić information content (AvgIpc) is 2.60. The van der Waals surface area contributed by atoms with Gasteiger partial charge in [0, 0.05) is 33.2 Å². The minimum Gasteiger partial charge on any atom is -0.478 e. The molecule has 10 nitrogen and oxygen atoms in total. The number of carboxylic acids is 1. The number of carbonyl (C=O) groups excluding carboxylic acids is 1. The van der Waals surface area contributed by atoms with E-state index in [0.29, 0.717) is 8.95 Å². The highest BCUT2D eigenvalue weighted by molar-refractivity contribution is 9.10. The summed E-state index contributed by atoms with van der Waals surface area (Å²) in [6.45, 7) is 0. The Bertz CT molecular complexity index is 884. The first kappa shape index (κ1) is 22.2. The van der Waals surface area contributed by atoms with Crippen LogP contribution in [0.1, 0.15) is 20.7 Å². The number of hydrogen-bond acceptors (Lipinski definition) is 7. The number of benzene rings is 2. The lowest BCUT2D eigenvalue weighted by Crippen LogP contribution is -2.02. The molecule has 2 aromatic rings. The van der Waals surface area contributed by atoms with Crippen molar-refractivity contribution in [3.05, 3.63) is 76.7 Å². The summed E-state index contributed by atoms with van der Waals surface area (Å²) >= 11 is 6.05. The number of hydrogen-bond donors (Lipinski definition) is 1. The molecular weight excluding hydrogens is 496 g/mol. The largest absolute Gasteiger partial charge is 0.478 e. The van der Waals surface area contributed by atoms with Crippen molar-refractivity contribution in [1.29, 1.82) is 0 Å². The first-order chi connectivity index (χ1) is 12.5. The lowest BCUT2D eigenvalue weighted by molar-refractivity contribution is -0.385. The summed E-state index contributed by atoms with van der Waals surface area (Å²) in [5.74, 6) is -1.79. The minimum absolute atomic E-state index is 0.110. The van der Waals surface area contributed by atoms with Gasteiger partial charge in [0.1, 0.15) is 0 Å². The molecule has 0 atom stereocenters. The lowest BCUT2D eigenvalue weighted by atomic mass is 10.2. The van der Waals surface area contributed by atoms with Crippen LogP contribution in [0.3, 0.4) is 0 Å². The molecular formula is C15H10Br2N2O8. The van der Waals surface area contributed by atoms with Crippen molar-refractivity contribution in [2.45, 2.75) is 0 Å². The van der Waals surface area contributed by atoms with Gasteiger partial charge in [-0.1, -0.05) is 31.9 Å². The second-order valence-electron chi connectivity index (χ2n) is 4.71. The van der Waals surface area contributed by atoms with E-state index >= 15 is 0 Å². The number of aromatic carboxylic acids is 1. The van der Waals surface area contributed by atoms with E-state index in [1.54, 1.807) is 0 Å². The normalized spacial score (nSPS) is 9.59. The van der Waals surface area contributed by atoms with Gasteiger partial charge in [0.05, 0.1) is 28.1 Å². The SMILES string of the molecule is COC(=O)c1cc(Br)cc([N+](=O)[O-])c1.O=C(O)c1cc(Br)cc([N+](=O)[O-])c1. The number of carboxylic acid groups (broad SMARTS) is 1. The zero-order valence-corrected chi connectivity index (χ0v) is 16.6. The number of esters is 1. The van der Waals surface area contributed by atoms with E-state index in [1.807, 2.05) is 0 Å². The minimum atomic E-state index is -1.19. The highest BCUT2D eigenvalue weighted by atomic mass is 79.9. The number of nitro benzene ring substituents is 2. The maximum absolute atomic E-state index is 11.1. The fraction of sp³-hybridized carbons (Fsp3) is 0.0667. The van der Waals surface area contributed by atoms with Crippen LogP contribution in [-0.2, 0) is 4.74 Å². The molecule has 0 heterocycles. The van der Waals surface area contributed by atoms with Gasteiger partial charge >= 0.3 is 11.9 Å². The molecule has 0 aliphatic carbocycles. The molecule has 0 amide bonds. The third-order valence-electron chi connectivity index (χ3n) is 2.85. The summed E-state index contributed by atoms with van der Waals surface area (Å²) in [4.78, 5) is 41.1. The predicted octanol–water partition coefficient (Wildman–Crippen LogP) is 4.20. The Labute approximate surface area is 168 Å². The molecule has 0 aliphatic heterocycles. The fourth-order valence-corrected chi connectivity index (χ4v) is 2.68. The summed E-state index contributed by atoms with van der Waals surface area (Å²) in [6, 6.07) is 7.48. The van der Waals surface area contributed by atoms with Gasteiger partial charge in [0.25, 0.3) is 11.4 Å². The summed E-state index contributed by atoms with van der Waals surface area (Å²) in [6.07, 6.45) is 0. The van der Waals surface area contributed by atoms with Gasteiger partial charge in [0.15, 0.2) is 0 Å². The molecule has 0 radical (unpaired) electrons. The first-order valence-corrected chi connectivity index (χ1v) is 8.35. The van der Waals surface area contributed by atoms with Gasteiger partial charge in [-0.2, -0.15) is 0 Å². The molecule has 0 aromatic heterocycles. The van der Waals surface area contributed by atoms with Crippen LogP contribution in [0.2, 0.25) is 0 Å². The molecule has 0 saturated heterocycles. The molecule has 0 spiro atoms. The van der Waals surface area contributed by atoms with Crippen LogP contribution in [-0.4, -0.2) is 34.0 Å². The summed E-state index contributed by atoms with van der Waals surface area (Å²) in [7, 11) is 1.22. The lowest BCUT2D eigenvalue weighted by Gasteiger charge is -1.99. The Kier molecular flexibility index (Phi) is 7.99. The van der Waals surface area contributed by atoms with Gasteiger partial charge in [-0.15, -0.1) is 0 Å². The van der Waals surface area contributed by atoms with Crippen molar-refractivity contribution in [1.82, 2.24) is 0 Å². The zero-order chi connectivity index (χ0) is 20.7. The van der Waals surface area contributed by atoms with Crippen LogP contribution in [0.4, 0.5) is 11.4 Å². The van der Waals surface area contributed by atoms with Crippen LogP contribution >= 0.6 is 31.9 Å². The standard InChI is InChI=1S/C8H6BrNO4.C7H4BrNO4/c1-14-8(11)5-2-6(9)4-7(3-5)10(12)13;8-5-1-4(7(10)11)2-6(3-5)9(12)13/h2-4H,1H3;1-3H,(H,10,11). The third-order valence-corrected chi connectivity index (χ3v) is 3.77. The molecule has 2 rings (SSSR count). The molecule has 1 N–H and O–H groups in total. The van der Waals surface area contributed by atoms with Gasteiger partial charge in [-0.25, -0.2) is 9.59 Å². The fourth-order valence-electron chi connectivity index (χ4n) is 1.72. The second kappa shape index (κ2) is 9.73. The van der Waals surface area contributed by atoms with Crippen LogP contribution in [0.5, 0.6) is 0 Å². The van der Waals surface area contributed by atoms with E-state index in [2.05, 4.69) is 36.6 Å². The topological polar surface area (TPSA) is 150 Å². The number of rotatable bonds is 4. The highest BCUT2D eigenvalue weighted by Gasteiger charge is 2.14. The second-order valence-corrected chi connectivity index (χ2v) is 6.54. The first-order valence-electron chi connectivity index (χ1n) is 6.76. The molecule has 27 heavy (non-hydrogen) atoms. The Morgan fingerprint density at radius 1 is 0.889 bits per heavy atom. The number of ether oxygens (including phenoxy) is 1. The van der Waals surface area contributed by atoms with E-state index in [1.165, 1.54) is 31.4 Å². The summed E-state index contributed by atoms with van der Waals surface area (Å²) in [5, 5.41) is 29.3. The zero-order valence-electron chi connectivity index (χ0n) is 13.4. The van der Waals surface area contributed by atoms with Crippen molar-refractivity contribution in [3.63, 3.8) is 0 Å². The quantitative estimate of drug-likeness (QED) is 0.369. The Morgan fingerprint density at radius 3 is 1.67 bits per heavy atom. The molecule has 0 unspecified atom stereocenters. The maximum Gasteiger partial charge on any atom is 0.338 e. The van der Waals surface area contributed by atoms with Crippen LogP contribution < -0.4 is 0 Å². The molecule has 0 fully saturated rings. The van der Waals surface area contributed by atoms with E-state index in [9.17, 15) is 29.8 Å². The van der Waals surface area contributed by atoms with Gasteiger partial charge in [-0.3, -0.25) is 20.2 Å². The Hall–Kier alpha value is -2.86. The summed E-state index contributed by atoms with van der Waals surface area (Å²) in [5.41, 5.74) is -0.360. The van der Waals surface area contributed by atoms with Crippen molar-refractivity contribution >= 4 is 55.2 Å². The number of carbonyl (C=O) groups is 2. The van der Waals surface area contributed by atoms with E-state index < -0.39 is 21.8 Å². The van der Waals surface area contributed by atoms with Crippen LogP contribution in [0.25, 0.3) is 0 Å². The van der Waals surface area contributed by atoms with Crippen molar-refractivity contribution in [2.24, 2.45) is 0 Å². The number of halogens is 2. The molecule has 0 saturated carbocycles. The van der Waals surface area contributed by atoms with Crippen LogP contribution in [0.15, 0.2) is 45.3 Å². The van der Waals surface area contributed by atoms with Crippen molar-refractivity contribution in [3.8, 4) is 0 Å². The highest BCUT2D eigenvalue weighted by Crippen LogP contribution is 2.22. The molecule has 0 bridgehead atoms. The Morgan fingerprint density at radius 2 is 1.30 bits per heavy atom. The van der Waals surface area contributed by atoms with E-state index in [0.717, 1.165) is 12.1 Å². The monoisotopic (exact) mass is 504 g/mol. The van der Waals surface area contributed by atoms with Crippen molar-refractivity contribution < 1.29 is 29.3 Å². The maximum atomic E-state index is 11.1. The Balaban J connectivity index is 0.000000271. The van der Waals surface area contributed by atoms with E-state index in [4.69, 9.17) is 5.11 Å². The van der Waals surface area contributed by atoms with E-state index in [-0.39, 0.29) is 22.5 Å². The molecule has 12 heteroatoms. The van der Waals surface area contributed by atoms with Gasteiger partial charge < -0.3 is 9.84 Å². The number of nitrogens with zero attached hydrogens (tertiary/aromatic N) is 2. The molecule has 142 valence electrons. The number of non-ortho nitro benzene ring substituents is 2. The molecule has 0 aliphatic rings. The third kappa shape index (κ3) is 6.75. The van der Waals surface area contributed by atoms with Gasteiger partial charge in [-0.05, 0) is 12.1 Å². The number of methoxy groups -OCH3 is 1. The van der Waals surface area contributed by atoms with Crippen LogP contribution in [0, 0.1) is 20.2 Å².